The number of hydrogen-bond donors (Lipinski definition) is 1. The number of hydrogen-bond acceptors (Lipinski definition) is 2. The van der Waals surface area contributed by atoms with E-state index in [0.29, 0.717) is 6.04 Å². The number of nitrogens with one attached hydrogen (secondary N) is 1. The molecule has 142 valence electrons. The van der Waals surface area contributed by atoms with Gasteiger partial charge in [-0.2, -0.15) is 0 Å². The van der Waals surface area contributed by atoms with E-state index >= 15 is 0 Å². The van der Waals surface area contributed by atoms with E-state index in [-0.39, 0.29) is 18.2 Å². The summed E-state index contributed by atoms with van der Waals surface area (Å²) in [7, 11) is 4.40. The highest BCUT2D eigenvalue weighted by Gasteiger charge is 2.36. The van der Waals surface area contributed by atoms with E-state index in [9.17, 15) is 4.79 Å². The summed E-state index contributed by atoms with van der Waals surface area (Å²) < 4.78 is 6.67. The molecule has 27 heavy (non-hydrogen) atoms. The third-order valence-electron chi connectivity index (χ3n) is 5.50. The Morgan fingerprint density at radius 3 is 2.19 bits per heavy atom. The van der Waals surface area contributed by atoms with Crippen LogP contribution in [0.3, 0.4) is 0 Å². The maximum absolute atomic E-state index is 12.7. The summed E-state index contributed by atoms with van der Waals surface area (Å²) in [5.41, 5.74) is 2.07. The summed E-state index contributed by atoms with van der Waals surface area (Å²) in [4.78, 5) is 12.7. The molecule has 4 heteroatoms. The highest BCUT2D eigenvalue weighted by molar-refractivity contribution is 5.69. The van der Waals surface area contributed by atoms with Crippen molar-refractivity contribution in [3.8, 4) is 0 Å². The number of nitrogens with zero attached hydrogens (tertiary/aromatic N) is 1. The number of carbonyl (C=O) groups is 1. The average Bonchev–Trinajstić information content (AvgIpc) is 2.69. The van der Waals surface area contributed by atoms with E-state index in [2.05, 4.69) is 26.0 Å². The largest absolute Gasteiger partial charge is 0.446 e. The fourth-order valence-corrected chi connectivity index (χ4v) is 3.76. The van der Waals surface area contributed by atoms with Gasteiger partial charge in [-0.3, -0.25) is 0 Å². The number of piperidine rings is 1. The minimum atomic E-state index is -0.368. The first kappa shape index (κ1) is 19.2. The molecule has 3 rings (SSSR count). The fraction of sp³-hybridized carbons (Fsp3) is 0.348. The lowest BCUT2D eigenvalue weighted by atomic mass is 9.97. The van der Waals surface area contributed by atoms with Gasteiger partial charge in [0.25, 0.3) is 0 Å². The van der Waals surface area contributed by atoms with Gasteiger partial charge in [0.15, 0.2) is 0 Å². The molecule has 1 saturated heterocycles. The monoisotopic (exact) mass is 365 g/mol. The molecule has 0 spiro atoms. The van der Waals surface area contributed by atoms with Crippen LogP contribution in [-0.2, 0) is 4.74 Å². The molecule has 4 nitrogen and oxygen atoms in total. The third-order valence-corrected chi connectivity index (χ3v) is 5.50. The van der Waals surface area contributed by atoms with Crippen LogP contribution in [0.25, 0.3) is 0 Å². The number of rotatable bonds is 5. The predicted octanol–water partition coefficient (Wildman–Crippen LogP) is 4.30. The van der Waals surface area contributed by atoms with Gasteiger partial charge in [0.05, 0.1) is 26.7 Å². The molecule has 0 radical (unpaired) electrons. The first-order chi connectivity index (χ1) is 13.0. The van der Waals surface area contributed by atoms with Crippen LogP contribution in [0.4, 0.5) is 4.79 Å². The summed E-state index contributed by atoms with van der Waals surface area (Å²) in [6, 6.07) is 20.0. The van der Waals surface area contributed by atoms with Crippen molar-refractivity contribution in [3.63, 3.8) is 0 Å². The SMILES string of the molecule is C=C[C@@H]1C[C@@H](OC(=O)NC(c2ccccc2)c2ccccc2)CC[N+]1(C)C. The number of carbonyl (C=O) groups excluding carboxylic acids is 1. The smallest absolute Gasteiger partial charge is 0.408 e. The Kier molecular flexibility index (Phi) is 5.97. The second kappa shape index (κ2) is 8.40. The first-order valence-electron chi connectivity index (χ1n) is 9.52. The summed E-state index contributed by atoms with van der Waals surface area (Å²) in [5.74, 6) is 0. The van der Waals surface area contributed by atoms with E-state index in [4.69, 9.17) is 4.74 Å². The van der Waals surface area contributed by atoms with Crippen LogP contribution in [0.2, 0.25) is 0 Å². The van der Waals surface area contributed by atoms with Crippen molar-refractivity contribution < 1.29 is 14.0 Å². The minimum Gasteiger partial charge on any atom is -0.446 e. The molecule has 1 aliphatic heterocycles. The van der Waals surface area contributed by atoms with Crippen molar-refractivity contribution in [1.29, 1.82) is 0 Å². The normalized spacial score (nSPS) is 21.4. The minimum absolute atomic E-state index is 0.0775. The third kappa shape index (κ3) is 4.77. The van der Waals surface area contributed by atoms with E-state index in [0.717, 1.165) is 35.0 Å². The van der Waals surface area contributed by atoms with Crippen LogP contribution < -0.4 is 5.32 Å². The van der Waals surface area contributed by atoms with Crippen molar-refractivity contribution in [1.82, 2.24) is 5.32 Å². The lowest BCUT2D eigenvalue weighted by molar-refractivity contribution is -0.914. The maximum Gasteiger partial charge on any atom is 0.408 e. The molecule has 0 bridgehead atoms. The highest BCUT2D eigenvalue weighted by atomic mass is 16.6. The number of benzene rings is 2. The molecule has 2 aromatic rings. The maximum atomic E-state index is 12.7. The number of amides is 1. The van der Waals surface area contributed by atoms with E-state index in [1.54, 1.807) is 0 Å². The molecule has 1 aliphatic rings. The Bertz CT molecular complexity index is 719. The molecular weight excluding hydrogens is 336 g/mol. The Morgan fingerprint density at radius 1 is 1.11 bits per heavy atom. The summed E-state index contributed by atoms with van der Waals surface area (Å²) >= 11 is 0. The molecule has 1 heterocycles. The first-order valence-corrected chi connectivity index (χ1v) is 9.52. The topological polar surface area (TPSA) is 38.3 Å². The van der Waals surface area contributed by atoms with Gasteiger partial charge in [0.2, 0.25) is 0 Å². The van der Waals surface area contributed by atoms with Gasteiger partial charge in [-0.25, -0.2) is 4.79 Å². The Labute approximate surface area is 162 Å². The molecular formula is C23H29N2O2+. The Balaban J connectivity index is 1.69. The second-order valence-electron chi connectivity index (χ2n) is 7.76. The van der Waals surface area contributed by atoms with E-state index in [1.165, 1.54) is 0 Å². The van der Waals surface area contributed by atoms with E-state index in [1.807, 2.05) is 66.7 Å². The second-order valence-corrected chi connectivity index (χ2v) is 7.76. The molecule has 0 saturated carbocycles. The number of alkyl carbamates (subject to hydrolysis) is 1. The molecule has 1 amide bonds. The zero-order chi connectivity index (χ0) is 19.3. The number of quaternary nitrogens is 1. The van der Waals surface area contributed by atoms with Crippen LogP contribution in [-0.4, -0.2) is 43.4 Å². The lowest BCUT2D eigenvalue weighted by Gasteiger charge is -2.42. The summed E-state index contributed by atoms with van der Waals surface area (Å²) in [6.07, 6.45) is 3.21. The van der Waals surface area contributed by atoms with Crippen molar-refractivity contribution in [2.24, 2.45) is 0 Å². The van der Waals surface area contributed by atoms with Crippen LogP contribution in [0.1, 0.15) is 30.0 Å². The molecule has 2 aromatic carbocycles. The Morgan fingerprint density at radius 2 is 1.67 bits per heavy atom. The fourth-order valence-electron chi connectivity index (χ4n) is 3.76. The van der Waals surface area contributed by atoms with Crippen LogP contribution in [0.15, 0.2) is 73.3 Å². The van der Waals surface area contributed by atoms with Gasteiger partial charge in [-0.05, 0) is 17.2 Å². The average molecular weight is 365 g/mol. The van der Waals surface area contributed by atoms with Crippen LogP contribution in [0, 0.1) is 0 Å². The van der Waals surface area contributed by atoms with Crippen LogP contribution >= 0.6 is 0 Å². The van der Waals surface area contributed by atoms with Crippen LogP contribution in [0.5, 0.6) is 0 Å². The Hall–Kier alpha value is -2.59. The molecule has 1 N–H and O–H groups in total. The van der Waals surface area contributed by atoms with Crippen molar-refractivity contribution >= 4 is 6.09 Å². The number of ether oxygens (including phenoxy) is 1. The van der Waals surface area contributed by atoms with Crippen molar-refractivity contribution in [2.75, 3.05) is 20.6 Å². The summed E-state index contributed by atoms with van der Waals surface area (Å²) in [6.45, 7) is 4.92. The van der Waals surface area contributed by atoms with Crippen molar-refractivity contribution in [3.05, 3.63) is 84.4 Å². The molecule has 1 fully saturated rings. The van der Waals surface area contributed by atoms with Gasteiger partial charge in [-0.15, -0.1) is 0 Å². The van der Waals surface area contributed by atoms with E-state index < -0.39 is 0 Å². The van der Waals surface area contributed by atoms with Crippen molar-refractivity contribution in [2.45, 2.75) is 31.0 Å². The van der Waals surface area contributed by atoms with Gasteiger partial charge < -0.3 is 14.5 Å². The zero-order valence-electron chi connectivity index (χ0n) is 16.2. The lowest BCUT2D eigenvalue weighted by Crippen LogP contribution is -2.55. The van der Waals surface area contributed by atoms with Gasteiger partial charge in [0, 0.05) is 12.8 Å². The number of likely N-dealkylation sites (N-methyl/N-ethyl adjacent to an activating group) is 1. The predicted molar refractivity (Wildman–Crippen MR) is 108 cm³/mol. The quantitative estimate of drug-likeness (QED) is 0.634. The molecule has 0 unspecified atom stereocenters. The summed E-state index contributed by atoms with van der Waals surface area (Å²) in [5, 5.41) is 3.06. The van der Waals surface area contributed by atoms with Gasteiger partial charge in [0.1, 0.15) is 12.1 Å². The van der Waals surface area contributed by atoms with Gasteiger partial charge in [-0.1, -0.05) is 67.2 Å². The molecule has 0 aliphatic carbocycles. The molecule has 0 aromatic heterocycles. The zero-order valence-corrected chi connectivity index (χ0v) is 16.2. The standard InChI is InChI=1S/C23H28N2O2/c1-4-20-17-21(15-16-25(20,2)3)27-23(26)24-22(18-11-7-5-8-12-18)19-13-9-6-10-14-19/h4-14,20-22H,1,15-17H2,2-3H3/p+1/t20-,21+/m1/s1. The number of likely N-dealkylation sites (tertiary alicyclic amines) is 1. The highest BCUT2D eigenvalue weighted by Crippen LogP contribution is 2.26. The van der Waals surface area contributed by atoms with Gasteiger partial charge >= 0.3 is 6.09 Å². The molecule has 2 atom stereocenters.